The van der Waals surface area contributed by atoms with Crippen LogP contribution in [-0.4, -0.2) is 31.5 Å². The average Bonchev–Trinajstić information content (AvgIpc) is 2.60. The van der Waals surface area contributed by atoms with Gasteiger partial charge in [-0.1, -0.05) is 6.92 Å². The maximum absolute atomic E-state index is 11.7. The third-order valence-corrected chi connectivity index (χ3v) is 4.39. The molecule has 2 aromatic carbocycles. The molecule has 27 heavy (non-hydrogen) atoms. The molecule has 3 rings (SSSR count). The Labute approximate surface area is 154 Å². The summed E-state index contributed by atoms with van der Waals surface area (Å²) in [6.07, 6.45) is 1.20. The highest BCUT2D eigenvalue weighted by Crippen LogP contribution is 2.48. The molecule has 0 aromatic heterocycles. The molecule has 1 atom stereocenters. The van der Waals surface area contributed by atoms with Crippen LogP contribution in [0.5, 0.6) is 23.0 Å². The maximum atomic E-state index is 11.7. The summed E-state index contributed by atoms with van der Waals surface area (Å²) in [5, 5.41) is 49.7. The minimum Gasteiger partial charge on any atom is -0.508 e. The summed E-state index contributed by atoms with van der Waals surface area (Å²) in [6, 6.07) is 6.93. The van der Waals surface area contributed by atoms with E-state index in [1.165, 1.54) is 23.7 Å². The van der Waals surface area contributed by atoms with Crippen LogP contribution in [0, 0.1) is 0 Å². The number of phenolic OH excluding ortho intramolecular Hbond substituents is 3. The van der Waals surface area contributed by atoms with Crippen molar-refractivity contribution in [2.75, 3.05) is 0 Å². The Morgan fingerprint density at radius 1 is 1.15 bits per heavy atom. The Morgan fingerprint density at radius 3 is 2.56 bits per heavy atom. The number of ether oxygens (including phenoxy) is 1. The summed E-state index contributed by atoms with van der Waals surface area (Å²) in [4.78, 5) is 11.7. The number of hydroxylamine groups is 1. The van der Waals surface area contributed by atoms with Crippen molar-refractivity contribution >= 4 is 11.7 Å². The Balaban J connectivity index is 2.17. The van der Waals surface area contributed by atoms with Crippen molar-refractivity contribution in [3.63, 3.8) is 0 Å². The average molecular weight is 373 g/mol. The fourth-order valence-electron chi connectivity index (χ4n) is 3.13. The number of aromatic hydroxyl groups is 3. The van der Waals surface area contributed by atoms with Crippen LogP contribution in [0.25, 0.3) is 5.76 Å². The molecular weight excluding hydrogens is 354 g/mol. The molecule has 6 N–H and O–H groups in total. The predicted molar refractivity (Wildman–Crippen MR) is 94.3 cm³/mol. The zero-order chi connectivity index (χ0) is 19.8. The van der Waals surface area contributed by atoms with Gasteiger partial charge in [-0.05, 0) is 36.3 Å². The number of aliphatic hydroxyl groups is 1. The van der Waals surface area contributed by atoms with Crippen LogP contribution in [0.15, 0.2) is 36.4 Å². The van der Waals surface area contributed by atoms with Gasteiger partial charge in [-0.2, -0.15) is 0 Å². The van der Waals surface area contributed by atoms with Crippen molar-refractivity contribution < 1.29 is 35.2 Å². The molecule has 142 valence electrons. The molecular formula is C19H19NO7. The van der Waals surface area contributed by atoms with Gasteiger partial charge in [-0.3, -0.25) is 10.0 Å². The summed E-state index contributed by atoms with van der Waals surface area (Å²) in [6.45, 7) is 1.86. The fraction of sp³-hybridized carbons (Fsp3) is 0.211. The van der Waals surface area contributed by atoms with E-state index in [0.717, 1.165) is 6.07 Å². The summed E-state index contributed by atoms with van der Waals surface area (Å²) in [5.41, 5.74) is 0.501. The third kappa shape index (κ3) is 3.40. The number of carbonyl (C=O) groups excluding carboxylic acids is 1. The molecule has 1 aliphatic heterocycles. The molecule has 8 nitrogen and oxygen atoms in total. The number of amides is 1. The molecule has 0 saturated heterocycles. The SMILES string of the molecule is CCc1cc(C2=CC(O)(CC(=O)NO)c3c(O)cc(O)cc3O2)ccc1O. The molecule has 0 radical (unpaired) electrons. The second-order valence-corrected chi connectivity index (χ2v) is 6.28. The number of rotatable bonds is 4. The van der Waals surface area contributed by atoms with Crippen LogP contribution >= 0.6 is 0 Å². The highest BCUT2D eigenvalue weighted by molar-refractivity contribution is 5.79. The van der Waals surface area contributed by atoms with Crippen molar-refractivity contribution in [3.8, 4) is 23.0 Å². The molecule has 8 heteroatoms. The molecule has 0 aliphatic carbocycles. The number of nitrogens with one attached hydrogen (secondary N) is 1. The standard InChI is InChI=1S/C19H19NO7/c1-2-10-5-11(3-4-13(10)22)16-8-19(25,9-17(24)20-26)18-14(23)6-12(21)7-15(18)27-16/h3-8,21-23,25-26H,2,9H2,1H3,(H,20,24). The lowest BCUT2D eigenvalue weighted by Crippen LogP contribution is -2.34. The van der Waals surface area contributed by atoms with E-state index in [9.17, 15) is 25.2 Å². The Morgan fingerprint density at radius 2 is 1.89 bits per heavy atom. The van der Waals surface area contributed by atoms with Crippen LogP contribution in [0.1, 0.15) is 30.0 Å². The molecule has 2 aromatic rings. The van der Waals surface area contributed by atoms with Crippen molar-refractivity contribution in [1.29, 1.82) is 0 Å². The molecule has 0 spiro atoms. The minimum absolute atomic E-state index is 0.0376. The van der Waals surface area contributed by atoms with Gasteiger partial charge in [-0.15, -0.1) is 0 Å². The predicted octanol–water partition coefficient (Wildman–Crippen LogP) is 1.88. The van der Waals surface area contributed by atoms with Crippen LogP contribution < -0.4 is 10.2 Å². The highest BCUT2D eigenvalue weighted by atomic mass is 16.5. The molecule has 1 aliphatic rings. The third-order valence-electron chi connectivity index (χ3n) is 4.39. The first-order chi connectivity index (χ1) is 12.8. The smallest absolute Gasteiger partial charge is 0.246 e. The van der Waals surface area contributed by atoms with Crippen molar-refractivity contribution in [2.24, 2.45) is 0 Å². The zero-order valence-corrected chi connectivity index (χ0v) is 14.4. The van der Waals surface area contributed by atoms with Crippen LogP contribution in [0.2, 0.25) is 0 Å². The number of carbonyl (C=O) groups is 1. The number of benzene rings is 2. The maximum Gasteiger partial charge on any atom is 0.246 e. The van der Waals surface area contributed by atoms with E-state index in [-0.39, 0.29) is 28.6 Å². The van der Waals surface area contributed by atoms with E-state index in [1.807, 2.05) is 6.92 Å². The first-order valence-electron chi connectivity index (χ1n) is 8.22. The van der Waals surface area contributed by atoms with E-state index >= 15 is 0 Å². The lowest BCUT2D eigenvalue weighted by Gasteiger charge is -2.32. The normalized spacial score (nSPS) is 18.3. The largest absolute Gasteiger partial charge is 0.508 e. The van der Waals surface area contributed by atoms with E-state index < -0.39 is 23.7 Å². The number of hydrogen-bond donors (Lipinski definition) is 6. The van der Waals surface area contributed by atoms with E-state index in [2.05, 4.69) is 0 Å². The van der Waals surface area contributed by atoms with Crippen molar-refractivity contribution in [1.82, 2.24) is 5.48 Å². The van der Waals surface area contributed by atoms with Crippen LogP contribution in [0.4, 0.5) is 0 Å². The summed E-state index contributed by atoms with van der Waals surface area (Å²) < 4.78 is 5.73. The van der Waals surface area contributed by atoms with Gasteiger partial charge < -0.3 is 25.2 Å². The lowest BCUT2D eigenvalue weighted by molar-refractivity contribution is -0.133. The second kappa shape index (κ2) is 6.82. The lowest BCUT2D eigenvalue weighted by atomic mass is 9.85. The van der Waals surface area contributed by atoms with E-state index in [0.29, 0.717) is 17.5 Å². The number of phenols is 3. The molecule has 0 bridgehead atoms. The summed E-state index contributed by atoms with van der Waals surface area (Å²) in [7, 11) is 0. The highest BCUT2D eigenvalue weighted by Gasteiger charge is 2.40. The molecule has 1 amide bonds. The molecule has 0 saturated carbocycles. The first kappa shape index (κ1) is 18.6. The summed E-state index contributed by atoms with van der Waals surface area (Å²) in [5.74, 6) is -1.40. The molecule has 1 unspecified atom stereocenters. The van der Waals surface area contributed by atoms with E-state index in [1.54, 1.807) is 12.1 Å². The zero-order valence-electron chi connectivity index (χ0n) is 14.4. The van der Waals surface area contributed by atoms with Crippen LogP contribution in [-0.2, 0) is 16.8 Å². The Hall–Kier alpha value is -3.23. The van der Waals surface area contributed by atoms with Gasteiger partial charge in [0.1, 0.15) is 34.4 Å². The first-order valence-corrected chi connectivity index (χ1v) is 8.22. The summed E-state index contributed by atoms with van der Waals surface area (Å²) >= 11 is 0. The van der Waals surface area contributed by atoms with Gasteiger partial charge in [-0.25, -0.2) is 5.48 Å². The Kier molecular flexibility index (Phi) is 4.69. The topological polar surface area (TPSA) is 139 Å². The number of hydrogen-bond acceptors (Lipinski definition) is 7. The van der Waals surface area contributed by atoms with Gasteiger partial charge in [0.2, 0.25) is 5.91 Å². The number of aryl methyl sites for hydroxylation is 1. The molecule has 1 heterocycles. The van der Waals surface area contributed by atoms with Crippen LogP contribution in [0.3, 0.4) is 0 Å². The fourth-order valence-corrected chi connectivity index (χ4v) is 3.13. The van der Waals surface area contributed by atoms with Crippen molar-refractivity contribution in [2.45, 2.75) is 25.4 Å². The van der Waals surface area contributed by atoms with Gasteiger partial charge in [0.25, 0.3) is 0 Å². The quantitative estimate of drug-likeness (QED) is 0.355. The monoisotopic (exact) mass is 373 g/mol. The minimum atomic E-state index is -2.00. The van der Waals surface area contributed by atoms with Crippen molar-refractivity contribution in [3.05, 3.63) is 53.1 Å². The second-order valence-electron chi connectivity index (χ2n) is 6.28. The van der Waals surface area contributed by atoms with Gasteiger partial charge in [0.05, 0.1) is 12.0 Å². The van der Waals surface area contributed by atoms with E-state index in [4.69, 9.17) is 9.94 Å². The van der Waals surface area contributed by atoms with Gasteiger partial charge >= 0.3 is 0 Å². The van der Waals surface area contributed by atoms with Gasteiger partial charge in [0, 0.05) is 17.7 Å². The molecule has 0 fully saturated rings. The van der Waals surface area contributed by atoms with Gasteiger partial charge in [0.15, 0.2) is 0 Å². The Bertz CT molecular complexity index is 938. The number of fused-ring (bicyclic) bond motifs is 1.